The molecule has 2 aromatic carbocycles. The fraction of sp³-hybridized carbons (Fsp3) is 0.0625. The van der Waals surface area contributed by atoms with Crippen molar-refractivity contribution >= 4 is 29.4 Å². The number of para-hydroxylation sites is 1. The van der Waals surface area contributed by atoms with E-state index in [1.807, 2.05) is 6.07 Å². The highest BCUT2D eigenvalue weighted by Crippen LogP contribution is 2.11. The molecule has 2 N–H and O–H groups in total. The Morgan fingerprint density at radius 1 is 1.08 bits per heavy atom. The summed E-state index contributed by atoms with van der Waals surface area (Å²) in [5, 5.41) is 16.9. The summed E-state index contributed by atoms with van der Waals surface area (Å²) in [6.45, 7) is 0. The van der Waals surface area contributed by atoms with E-state index in [1.165, 1.54) is 24.4 Å². The third-order valence-electron chi connectivity index (χ3n) is 2.86. The maximum Gasteiger partial charge on any atom is 0.270 e. The summed E-state index contributed by atoms with van der Waals surface area (Å²) in [7, 11) is 0. The summed E-state index contributed by atoms with van der Waals surface area (Å²) in [6.07, 6.45) is 0.876. The van der Waals surface area contributed by atoms with Gasteiger partial charge in [-0.3, -0.25) is 19.7 Å². The van der Waals surface area contributed by atoms with Crippen LogP contribution in [0.4, 0.5) is 11.4 Å². The van der Waals surface area contributed by atoms with Crippen LogP contribution in [0.2, 0.25) is 0 Å². The Balaban J connectivity index is 1.83. The van der Waals surface area contributed by atoms with Crippen LogP contribution in [0.5, 0.6) is 0 Å². The van der Waals surface area contributed by atoms with Crippen molar-refractivity contribution in [2.75, 3.05) is 5.32 Å². The van der Waals surface area contributed by atoms with E-state index in [1.54, 1.807) is 30.3 Å². The Morgan fingerprint density at radius 2 is 1.83 bits per heavy atom. The number of hydrogen-bond acceptors (Lipinski definition) is 5. The highest BCUT2D eigenvalue weighted by atomic mass is 16.6. The van der Waals surface area contributed by atoms with Crippen LogP contribution in [-0.4, -0.2) is 23.0 Å². The van der Waals surface area contributed by atoms with Gasteiger partial charge in [-0.2, -0.15) is 5.10 Å². The number of carbonyl (C=O) groups is 2. The monoisotopic (exact) mass is 326 g/mol. The second-order valence-electron chi connectivity index (χ2n) is 4.74. The molecule has 0 bridgehead atoms. The smallest absolute Gasteiger partial charge is 0.270 e. The number of benzene rings is 2. The van der Waals surface area contributed by atoms with Crippen molar-refractivity contribution in [1.82, 2.24) is 5.43 Å². The molecule has 24 heavy (non-hydrogen) atoms. The molecule has 0 fully saturated rings. The summed E-state index contributed by atoms with van der Waals surface area (Å²) in [6, 6.07) is 14.5. The Kier molecular flexibility index (Phi) is 5.73. The second kappa shape index (κ2) is 8.18. The summed E-state index contributed by atoms with van der Waals surface area (Å²) in [5.74, 6) is -1.06. The van der Waals surface area contributed by atoms with Gasteiger partial charge in [0.05, 0.1) is 11.1 Å². The molecule has 2 aromatic rings. The first-order valence-corrected chi connectivity index (χ1v) is 6.96. The molecule has 0 aliphatic rings. The van der Waals surface area contributed by atoms with Crippen molar-refractivity contribution < 1.29 is 14.5 Å². The van der Waals surface area contributed by atoms with Gasteiger partial charge in [0.2, 0.25) is 11.8 Å². The molecule has 0 saturated heterocycles. The van der Waals surface area contributed by atoms with Crippen LogP contribution in [0, 0.1) is 10.1 Å². The van der Waals surface area contributed by atoms with Crippen molar-refractivity contribution in [3.05, 3.63) is 70.3 Å². The number of nitro groups is 1. The molecule has 0 saturated carbocycles. The average Bonchev–Trinajstić information content (AvgIpc) is 2.56. The fourth-order valence-corrected chi connectivity index (χ4v) is 1.81. The normalized spacial score (nSPS) is 10.3. The minimum Gasteiger partial charge on any atom is -0.326 e. The minimum absolute atomic E-state index is 0.0764. The molecular formula is C16H14N4O4. The first-order chi connectivity index (χ1) is 11.5. The van der Waals surface area contributed by atoms with Gasteiger partial charge in [-0.15, -0.1) is 0 Å². The van der Waals surface area contributed by atoms with Gasteiger partial charge in [0.1, 0.15) is 6.42 Å². The molecule has 2 amide bonds. The molecule has 0 aromatic heterocycles. The zero-order valence-corrected chi connectivity index (χ0v) is 12.5. The largest absolute Gasteiger partial charge is 0.326 e. The standard InChI is InChI=1S/C16H14N4O4/c21-15(18-13-6-2-1-3-7-13)10-16(22)19-17-11-12-5-4-8-14(9-12)20(23)24/h1-9,11H,10H2,(H,18,21)(H,19,22). The molecule has 0 aliphatic heterocycles. The summed E-state index contributed by atoms with van der Waals surface area (Å²) in [4.78, 5) is 33.4. The number of amides is 2. The van der Waals surface area contributed by atoms with E-state index in [-0.39, 0.29) is 12.1 Å². The molecule has 2 rings (SSSR count). The van der Waals surface area contributed by atoms with Gasteiger partial charge in [-0.25, -0.2) is 5.43 Å². The third kappa shape index (κ3) is 5.34. The molecule has 0 spiro atoms. The van der Waals surface area contributed by atoms with Crippen molar-refractivity contribution in [3.8, 4) is 0 Å². The highest BCUT2D eigenvalue weighted by molar-refractivity contribution is 6.03. The van der Waals surface area contributed by atoms with Crippen LogP contribution in [0.15, 0.2) is 59.7 Å². The molecule has 0 heterocycles. The molecule has 122 valence electrons. The van der Waals surface area contributed by atoms with Crippen LogP contribution < -0.4 is 10.7 Å². The predicted molar refractivity (Wildman–Crippen MR) is 88.5 cm³/mol. The number of nitrogens with one attached hydrogen (secondary N) is 2. The van der Waals surface area contributed by atoms with Crippen molar-refractivity contribution in [1.29, 1.82) is 0 Å². The van der Waals surface area contributed by atoms with Gasteiger partial charge in [0.25, 0.3) is 5.69 Å². The summed E-state index contributed by atoms with van der Waals surface area (Å²) < 4.78 is 0. The van der Waals surface area contributed by atoms with E-state index < -0.39 is 16.7 Å². The van der Waals surface area contributed by atoms with E-state index in [0.29, 0.717) is 11.3 Å². The topological polar surface area (TPSA) is 114 Å². The van der Waals surface area contributed by atoms with E-state index in [0.717, 1.165) is 0 Å². The van der Waals surface area contributed by atoms with Crippen molar-refractivity contribution in [2.24, 2.45) is 5.10 Å². The number of hydrazone groups is 1. The Morgan fingerprint density at radius 3 is 2.54 bits per heavy atom. The zero-order chi connectivity index (χ0) is 17.4. The van der Waals surface area contributed by atoms with E-state index in [9.17, 15) is 19.7 Å². The van der Waals surface area contributed by atoms with Crippen LogP contribution in [0.25, 0.3) is 0 Å². The lowest BCUT2D eigenvalue weighted by molar-refractivity contribution is -0.384. The van der Waals surface area contributed by atoms with Crippen LogP contribution in [-0.2, 0) is 9.59 Å². The van der Waals surface area contributed by atoms with Gasteiger partial charge >= 0.3 is 0 Å². The average molecular weight is 326 g/mol. The van der Waals surface area contributed by atoms with E-state index >= 15 is 0 Å². The maximum atomic E-state index is 11.7. The van der Waals surface area contributed by atoms with Crippen molar-refractivity contribution in [3.63, 3.8) is 0 Å². The first kappa shape index (κ1) is 16.8. The Hall–Kier alpha value is -3.55. The van der Waals surface area contributed by atoms with Gasteiger partial charge in [0, 0.05) is 23.4 Å². The van der Waals surface area contributed by atoms with Gasteiger partial charge in [-0.1, -0.05) is 30.3 Å². The summed E-state index contributed by atoms with van der Waals surface area (Å²) in [5.41, 5.74) is 3.17. The summed E-state index contributed by atoms with van der Waals surface area (Å²) >= 11 is 0. The molecule has 0 radical (unpaired) electrons. The Bertz CT molecular complexity index is 775. The van der Waals surface area contributed by atoms with Gasteiger partial charge in [0.15, 0.2) is 0 Å². The number of nitrogens with zero attached hydrogens (tertiary/aromatic N) is 2. The fourth-order valence-electron chi connectivity index (χ4n) is 1.81. The van der Waals surface area contributed by atoms with Crippen LogP contribution >= 0.6 is 0 Å². The first-order valence-electron chi connectivity index (χ1n) is 6.96. The molecule has 0 aliphatic carbocycles. The number of carbonyl (C=O) groups excluding carboxylic acids is 2. The lowest BCUT2D eigenvalue weighted by atomic mass is 10.2. The third-order valence-corrected chi connectivity index (χ3v) is 2.86. The predicted octanol–water partition coefficient (Wildman–Crippen LogP) is 2.07. The lowest BCUT2D eigenvalue weighted by Crippen LogP contribution is -2.24. The molecule has 8 heteroatoms. The lowest BCUT2D eigenvalue weighted by Gasteiger charge is -2.03. The number of rotatable bonds is 6. The SMILES string of the molecule is O=C(CC(=O)Nc1ccccc1)NN=Cc1cccc([N+](=O)[O-])c1. The van der Waals surface area contributed by atoms with E-state index in [4.69, 9.17) is 0 Å². The maximum absolute atomic E-state index is 11.7. The molecule has 0 unspecified atom stereocenters. The Labute approximate surface area is 137 Å². The van der Waals surface area contributed by atoms with E-state index in [2.05, 4.69) is 15.8 Å². The van der Waals surface area contributed by atoms with Crippen LogP contribution in [0.1, 0.15) is 12.0 Å². The van der Waals surface area contributed by atoms with Gasteiger partial charge in [-0.05, 0) is 12.1 Å². The molecule has 8 nitrogen and oxygen atoms in total. The second-order valence-corrected chi connectivity index (χ2v) is 4.74. The molecule has 0 atom stereocenters. The zero-order valence-electron chi connectivity index (χ0n) is 12.5. The van der Waals surface area contributed by atoms with Gasteiger partial charge < -0.3 is 5.32 Å². The van der Waals surface area contributed by atoms with Crippen LogP contribution in [0.3, 0.4) is 0 Å². The molecular weight excluding hydrogens is 312 g/mol. The quantitative estimate of drug-likeness (QED) is 0.366. The number of non-ortho nitro benzene ring substituents is 1. The number of nitro benzene ring substituents is 1. The highest BCUT2D eigenvalue weighted by Gasteiger charge is 2.09. The van der Waals surface area contributed by atoms with Crippen molar-refractivity contribution in [2.45, 2.75) is 6.42 Å². The number of hydrogen-bond donors (Lipinski definition) is 2. The minimum atomic E-state index is -0.592. The number of anilines is 1.